The fourth-order valence-corrected chi connectivity index (χ4v) is 2.44. The van der Waals surface area contributed by atoms with Crippen LogP contribution in [0.25, 0.3) is 0 Å². The van der Waals surface area contributed by atoms with Crippen molar-refractivity contribution in [1.82, 2.24) is 0 Å². The van der Waals surface area contributed by atoms with Gasteiger partial charge in [0.2, 0.25) is 0 Å². The molecule has 0 heterocycles. The van der Waals surface area contributed by atoms with Gasteiger partial charge in [-0.3, -0.25) is 0 Å². The van der Waals surface area contributed by atoms with Gasteiger partial charge in [0.1, 0.15) is 0 Å². The summed E-state index contributed by atoms with van der Waals surface area (Å²) in [4.78, 5) is 0. The van der Waals surface area contributed by atoms with Gasteiger partial charge in [-0.05, 0) is 37.0 Å². The molecule has 2 bridgehead atoms. The van der Waals surface area contributed by atoms with Gasteiger partial charge in [-0.1, -0.05) is 18.2 Å². The molecular weight excluding hydrogens is 120 g/mol. The number of rotatable bonds is 2. The number of hydrogen-bond donors (Lipinski definition) is 0. The van der Waals surface area contributed by atoms with Gasteiger partial charge in [0.25, 0.3) is 0 Å². The molecule has 2 rings (SSSR count). The number of allylic oxidation sites excluding steroid dienone is 3. The zero-order valence-electron chi connectivity index (χ0n) is 6.29. The molecule has 0 heteroatoms. The molecule has 0 radical (unpaired) electrons. The minimum atomic E-state index is 0.906. The molecule has 0 aromatic heterocycles. The Morgan fingerprint density at radius 1 is 1.30 bits per heavy atom. The van der Waals surface area contributed by atoms with E-state index in [0.717, 1.165) is 17.8 Å². The minimum absolute atomic E-state index is 0.906. The van der Waals surface area contributed by atoms with Crippen LogP contribution in [0.15, 0.2) is 24.8 Å². The third-order valence-corrected chi connectivity index (χ3v) is 2.98. The third kappa shape index (κ3) is 0.749. The molecule has 0 aliphatic heterocycles. The van der Waals surface area contributed by atoms with E-state index in [9.17, 15) is 0 Å². The molecule has 0 aromatic carbocycles. The first kappa shape index (κ1) is 6.21. The van der Waals surface area contributed by atoms with Crippen molar-refractivity contribution in [2.24, 2.45) is 17.8 Å². The van der Waals surface area contributed by atoms with Gasteiger partial charge in [-0.2, -0.15) is 0 Å². The Morgan fingerprint density at radius 3 is 2.30 bits per heavy atom. The molecular formula is C10H14. The Morgan fingerprint density at radius 2 is 1.90 bits per heavy atom. The molecule has 1 saturated carbocycles. The van der Waals surface area contributed by atoms with Crippen molar-refractivity contribution in [2.75, 3.05) is 0 Å². The van der Waals surface area contributed by atoms with Gasteiger partial charge >= 0.3 is 0 Å². The molecule has 0 saturated heterocycles. The lowest BCUT2D eigenvalue weighted by atomic mass is 9.93. The number of hydrogen-bond acceptors (Lipinski definition) is 0. The Hall–Kier alpha value is -0.520. The van der Waals surface area contributed by atoms with E-state index in [4.69, 9.17) is 0 Å². The molecule has 0 aromatic rings. The van der Waals surface area contributed by atoms with Crippen molar-refractivity contribution in [1.29, 1.82) is 0 Å². The summed E-state index contributed by atoms with van der Waals surface area (Å²) in [5, 5.41) is 0. The largest absolute Gasteiger partial charge is 0.103 e. The topological polar surface area (TPSA) is 0 Å². The zero-order chi connectivity index (χ0) is 6.97. The van der Waals surface area contributed by atoms with Crippen LogP contribution in [0.1, 0.15) is 19.3 Å². The Labute approximate surface area is 62.6 Å². The predicted octanol–water partition coefficient (Wildman–Crippen LogP) is 2.77. The van der Waals surface area contributed by atoms with Gasteiger partial charge in [0, 0.05) is 0 Å². The van der Waals surface area contributed by atoms with Crippen LogP contribution in [-0.4, -0.2) is 0 Å². The van der Waals surface area contributed by atoms with Crippen molar-refractivity contribution in [2.45, 2.75) is 19.3 Å². The smallest absolute Gasteiger partial charge is 0.0196 e. The normalized spacial score (nSPS) is 42.6. The Kier molecular flexibility index (Phi) is 1.40. The molecule has 0 N–H and O–H groups in total. The Balaban J connectivity index is 2.07. The molecule has 10 heavy (non-hydrogen) atoms. The quantitative estimate of drug-likeness (QED) is 0.509. The average Bonchev–Trinajstić information content (AvgIpc) is 2.50. The first-order chi connectivity index (χ1) is 4.92. The van der Waals surface area contributed by atoms with Crippen LogP contribution in [0.4, 0.5) is 0 Å². The summed E-state index contributed by atoms with van der Waals surface area (Å²) < 4.78 is 0. The second-order valence-corrected chi connectivity index (χ2v) is 3.48. The van der Waals surface area contributed by atoms with E-state index in [1.807, 2.05) is 0 Å². The second-order valence-electron chi connectivity index (χ2n) is 3.48. The minimum Gasteiger partial charge on any atom is -0.103 e. The molecule has 54 valence electrons. The van der Waals surface area contributed by atoms with Gasteiger partial charge < -0.3 is 0 Å². The molecule has 0 spiro atoms. The molecule has 2 aliphatic carbocycles. The molecule has 2 aliphatic rings. The van der Waals surface area contributed by atoms with Crippen LogP contribution in [0.5, 0.6) is 0 Å². The maximum atomic E-state index is 3.79. The highest BCUT2D eigenvalue weighted by Crippen LogP contribution is 2.45. The van der Waals surface area contributed by atoms with Gasteiger partial charge in [0.05, 0.1) is 0 Å². The first-order valence-corrected chi connectivity index (χ1v) is 4.21. The van der Waals surface area contributed by atoms with Crippen molar-refractivity contribution in [3.05, 3.63) is 24.8 Å². The SMILES string of the molecule is C=CCC1C2C=CC1CC2. The highest BCUT2D eigenvalue weighted by atomic mass is 14.4. The lowest BCUT2D eigenvalue weighted by molar-refractivity contribution is 0.435. The monoisotopic (exact) mass is 134 g/mol. The Bertz CT molecular complexity index is 153. The average molecular weight is 134 g/mol. The van der Waals surface area contributed by atoms with Crippen molar-refractivity contribution < 1.29 is 0 Å². The van der Waals surface area contributed by atoms with E-state index in [0.29, 0.717) is 0 Å². The van der Waals surface area contributed by atoms with E-state index in [1.54, 1.807) is 0 Å². The third-order valence-electron chi connectivity index (χ3n) is 2.98. The van der Waals surface area contributed by atoms with Crippen molar-refractivity contribution in [3.63, 3.8) is 0 Å². The molecule has 1 fully saturated rings. The fraction of sp³-hybridized carbons (Fsp3) is 0.600. The van der Waals surface area contributed by atoms with Gasteiger partial charge in [-0.25, -0.2) is 0 Å². The van der Waals surface area contributed by atoms with E-state index in [1.165, 1.54) is 19.3 Å². The van der Waals surface area contributed by atoms with Crippen LogP contribution >= 0.6 is 0 Å². The number of fused-ring (bicyclic) bond motifs is 2. The molecule has 2 unspecified atom stereocenters. The lowest BCUT2D eigenvalue weighted by Gasteiger charge is -2.11. The van der Waals surface area contributed by atoms with E-state index >= 15 is 0 Å². The van der Waals surface area contributed by atoms with Crippen LogP contribution in [0.2, 0.25) is 0 Å². The second kappa shape index (κ2) is 2.26. The fourth-order valence-electron chi connectivity index (χ4n) is 2.44. The van der Waals surface area contributed by atoms with Crippen LogP contribution < -0.4 is 0 Å². The van der Waals surface area contributed by atoms with Crippen LogP contribution in [0.3, 0.4) is 0 Å². The highest BCUT2D eigenvalue weighted by Gasteiger charge is 2.36. The van der Waals surface area contributed by atoms with Crippen molar-refractivity contribution >= 4 is 0 Å². The summed E-state index contributed by atoms with van der Waals surface area (Å²) in [6.07, 6.45) is 11.0. The molecule has 0 amide bonds. The van der Waals surface area contributed by atoms with Gasteiger partial charge in [-0.15, -0.1) is 6.58 Å². The summed E-state index contributed by atoms with van der Waals surface area (Å²) in [5.41, 5.74) is 0. The maximum Gasteiger partial charge on any atom is -0.0196 e. The van der Waals surface area contributed by atoms with E-state index in [-0.39, 0.29) is 0 Å². The lowest BCUT2D eigenvalue weighted by Crippen LogP contribution is -2.04. The molecule has 2 atom stereocenters. The summed E-state index contributed by atoms with van der Waals surface area (Å²) in [6.45, 7) is 3.79. The first-order valence-electron chi connectivity index (χ1n) is 4.21. The summed E-state index contributed by atoms with van der Waals surface area (Å²) >= 11 is 0. The summed E-state index contributed by atoms with van der Waals surface area (Å²) in [6, 6.07) is 0. The van der Waals surface area contributed by atoms with Crippen LogP contribution in [-0.2, 0) is 0 Å². The van der Waals surface area contributed by atoms with Crippen LogP contribution in [0, 0.1) is 17.8 Å². The van der Waals surface area contributed by atoms with E-state index < -0.39 is 0 Å². The summed E-state index contributed by atoms with van der Waals surface area (Å²) in [7, 11) is 0. The van der Waals surface area contributed by atoms with Crippen molar-refractivity contribution in [3.8, 4) is 0 Å². The maximum absolute atomic E-state index is 3.79. The summed E-state index contributed by atoms with van der Waals surface area (Å²) in [5.74, 6) is 2.74. The molecule has 0 nitrogen and oxygen atoms in total. The zero-order valence-corrected chi connectivity index (χ0v) is 6.29. The standard InChI is InChI=1S/C10H14/c1-2-3-10-8-4-5-9(10)7-6-8/h2,4-5,8-10H,1,3,6-7H2. The highest BCUT2D eigenvalue weighted by molar-refractivity contribution is 5.12. The predicted molar refractivity (Wildman–Crippen MR) is 43.7 cm³/mol. The van der Waals surface area contributed by atoms with Gasteiger partial charge in [0.15, 0.2) is 0 Å². The van der Waals surface area contributed by atoms with E-state index in [2.05, 4.69) is 24.8 Å².